The zero-order valence-electron chi connectivity index (χ0n) is 16.7. The predicted molar refractivity (Wildman–Crippen MR) is 113 cm³/mol. The molecule has 0 saturated heterocycles. The molecule has 2 aromatic carbocycles. The van der Waals surface area contributed by atoms with E-state index in [0.29, 0.717) is 22.3 Å². The number of Topliss-reactive ketones (excluding diaryl/α,β-unsaturated/α-hetero) is 1. The van der Waals surface area contributed by atoms with Gasteiger partial charge in [-0.15, -0.1) is 0 Å². The summed E-state index contributed by atoms with van der Waals surface area (Å²) < 4.78 is 18.9. The van der Waals surface area contributed by atoms with Crippen molar-refractivity contribution in [2.24, 2.45) is 5.73 Å². The number of nitriles is 1. The molecule has 31 heavy (non-hydrogen) atoms. The van der Waals surface area contributed by atoms with Crippen LogP contribution in [0.1, 0.15) is 38.3 Å². The monoisotopic (exact) mass is 417 g/mol. The third-order valence-electron chi connectivity index (χ3n) is 4.72. The predicted octanol–water partition coefficient (Wildman–Crippen LogP) is 3.84. The number of nitrogens with two attached hydrogens (primary N) is 1. The van der Waals surface area contributed by atoms with E-state index >= 15 is 0 Å². The van der Waals surface area contributed by atoms with Crippen LogP contribution in [-0.2, 0) is 17.7 Å². The summed E-state index contributed by atoms with van der Waals surface area (Å²) >= 11 is 0. The number of halogens is 1. The summed E-state index contributed by atoms with van der Waals surface area (Å²) in [7, 11) is 0. The molecule has 0 saturated carbocycles. The molecule has 156 valence electrons. The smallest absolute Gasteiger partial charge is 0.338 e. The van der Waals surface area contributed by atoms with Crippen molar-refractivity contribution in [2.45, 2.75) is 19.4 Å². The average Bonchev–Trinajstić information content (AvgIpc) is 2.80. The first-order valence-corrected chi connectivity index (χ1v) is 9.62. The van der Waals surface area contributed by atoms with Crippen LogP contribution in [0.5, 0.6) is 0 Å². The zero-order valence-corrected chi connectivity index (χ0v) is 16.7. The topological polar surface area (TPSA) is 106 Å². The van der Waals surface area contributed by atoms with Gasteiger partial charge in [0.1, 0.15) is 12.4 Å². The van der Waals surface area contributed by atoms with Crippen LogP contribution in [0, 0.1) is 17.1 Å². The van der Waals surface area contributed by atoms with Crippen LogP contribution in [0.25, 0.3) is 11.1 Å². The van der Waals surface area contributed by atoms with Crippen molar-refractivity contribution in [3.63, 3.8) is 0 Å². The van der Waals surface area contributed by atoms with E-state index in [1.807, 2.05) is 6.07 Å². The van der Waals surface area contributed by atoms with Crippen LogP contribution in [0.4, 0.5) is 4.39 Å². The summed E-state index contributed by atoms with van der Waals surface area (Å²) in [4.78, 5) is 28.7. The number of hydrogen-bond acceptors (Lipinski definition) is 6. The van der Waals surface area contributed by atoms with E-state index in [0.717, 1.165) is 11.8 Å². The van der Waals surface area contributed by atoms with Gasteiger partial charge in [0.25, 0.3) is 0 Å². The lowest BCUT2D eigenvalue weighted by Gasteiger charge is -2.12. The molecule has 0 fully saturated rings. The van der Waals surface area contributed by atoms with Crippen molar-refractivity contribution in [1.82, 2.24) is 4.98 Å². The fourth-order valence-electron chi connectivity index (χ4n) is 3.11. The highest BCUT2D eigenvalue weighted by molar-refractivity contribution is 5.99. The highest BCUT2D eigenvalue weighted by Crippen LogP contribution is 2.27. The number of hydrogen-bond donors (Lipinski definition) is 1. The van der Waals surface area contributed by atoms with Crippen molar-refractivity contribution in [2.75, 3.05) is 6.61 Å². The molecule has 2 N–H and O–H groups in total. The van der Waals surface area contributed by atoms with Crippen molar-refractivity contribution in [3.05, 3.63) is 89.0 Å². The standard InChI is InChI=1S/C24H20FN3O3/c25-22-15-28-9-7-17(22)13-23(29)18-5-6-20(14-27)21(12-18)16-3-1-4-19(11-16)24(30)31-10-2-8-26/h1,3-7,9,11-12,15H,2,10,13-14,27H2. The van der Waals surface area contributed by atoms with Crippen molar-refractivity contribution in [1.29, 1.82) is 5.26 Å². The third-order valence-corrected chi connectivity index (χ3v) is 4.72. The lowest BCUT2D eigenvalue weighted by molar-refractivity contribution is 0.0513. The minimum Gasteiger partial charge on any atom is -0.461 e. The minimum absolute atomic E-state index is 0.0170. The molecule has 3 rings (SSSR count). The number of benzene rings is 2. The van der Waals surface area contributed by atoms with Crippen molar-refractivity contribution >= 4 is 11.8 Å². The average molecular weight is 417 g/mol. The molecule has 0 radical (unpaired) electrons. The maximum atomic E-state index is 13.9. The number of nitrogens with zero attached hydrogens (tertiary/aromatic N) is 2. The molecule has 0 bridgehead atoms. The summed E-state index contributed by atoms with van der Waals surface area (Å²) in [6, 6.07) is 15.3. The Hall–Kier alpha value is -3.89. The second kappa shape index (κ2) is 10.2. The highest BCUT2D eigenvalue weighted by atomic mass is 19.1. The Bertz CT molecular complexity index is 1150. The fourth-order valence-corrected chi connectivity index (χ4v) is 3.11. The molecule has 0 aliphatic heterocycles. The van der Waals surface area contributed by atoms with Crippen LogP contribution >= 0.6 is 0 Å². The first-order chi connectivity index (χ1) is 15.0. The Balaban J connectivity index is 1.90. The van der Waals surface area contributed by atoms with Crippen molar-refractivity contribution < 1.29 is 18.7 Å². The van der Waals surface area contributed by atoms with Gasteiger partial charge in [0, 0.05) is 24.7 Å². The Morgan fingerprint density at radius 2 is 1.94 bits per heavy atom. The lowest BCUT2D eigenvalue weighted by Crippen LogP contribution is -2.08. The van der Waals surface area contributed by atoms with Gasteiger partial charge in [-0.25, -0.2) is 9.18 Å². The summed E-state index contributed by atoms with van der Waals surface area (Å²) in [5, 5.41) is 8.57. The van der Waals surface area contributed by atoms with Gasteiger partial charge in [-0.2, -0.15) is 5.26 Å². The molecule has 1 heterocycles. The van der Waals surface area contributed by atoms with E-state index in [1.54, 1.807) is 42.5 Å². The maximum Gasteiger partial charge on any atom is 0.338 e. The number of esters is 1. The Morgan fingerprint density at radius 1 is 1.10 bits per heavy atom. The largest absolute Gasteiger partial charge is 0.461 e. The number of ether oxygens (including phenoxy) is 1. The molecule has 0 aliphatic carbocycles. The summed E-state index contributed by atoms with van der Waals surface area (Å²) in [6.45, 7) is 0.253. The number of carbonyl (C=O) groups excluding carboxylic acids is 2. The van der Waals surface area contributed by atoms with E-state index in [1.165, 1.54) is 12.3 Å². The number of carbonyl (C=O) groups is 2. The quantitative estimate of drug-likeness (QED) is 0.339. The van der Waals surface area contributed by atoms with E-state index in [2.05, 4.69) is 4.98 Å². The van der Waals surface area contributed by atoms with Gasteiger partial charge in [-0.1, -0.05) is 24.3 Å². The van der Waals surface area contributed by atoms with Crippen LogP contribution in [0.3, 0.4) is 0 Å². The maximum absolute atomic E-state index is 13.9. The minimum atomic E-state index is -0.535. The molecular weight excluding hydrogens is 397 g/mol. The zero-order chi connectivity index (χ0) is 22.2. The van der Waals surface area contributed by atoms with E-state index in [-0.39, 0.29) is 37.3 Å². The summed E-state index contributed by atoms with van der Waals surface area (Å²) in [5.41, 5.74) is 9.07. The Labute approximate surface area is 179 Å². The molecular formula is C24H20FN3O3. The van der Waals surface area contributed by atoms with Crippen LogP contribution in [-0.4, -0.2) is 23.3 Å². The highest BCUT2D eigenvalue weighted by Gasteiger charge is 2.15. The van der Waals surface area contributed by atoms with Crippen LogP contribution in [0.2, 0.25) is 0 Å². The normalized spacial score (nSPS) is 10.4. The summed E-state index contributed by atoms with van der Waals surface area (Å²) in [6.07, 6.45) is 2.54. The molecule has 1 aromatic heterocycles. The van der Waals surface area contributed by atoms with Gasteiger partial charge in [0.15, 0.2) is 5.78 Å². The van der Waals surface area contributed by atoms with E-state index in [4.69, 9.17) is 15.7 Å². The number of rotatable bonds is 8. The van der Waals surface area contributed by atoms with E-state index < -0.39 is 11.8 Å². The van der Waals surface area contributed by atoms with Gasteiger partial charge < -0.3 is 10.5 Å². The fraction of sp³-hybridized carbons (Fsp3) is 0.167. The summed E-state index contributed by atoms with van der Waals surface area (Å²) in [5.74, 6) is -1.31. The third kappa shape index (κ3) is 5.38. The molecule has 0 atom stereocenters. The van der Waals surface area contributed by atoms with E-state index in [9.17, 15) is 14.0 Å². The first kappa shape index (κ1) is 21.8. The SMILES string of the molecule is N#CCCOC(=O)c1cccc(-c2cc(C(=O)Cc3ccncc3F)ccc2CN)c1. The van der Waals surface area contributed by atoms with Gasteiger partial charge in [0.05, 0.1) is 24.3 Å². The number of pyridine rings is 1. The first-order valence-electron chi connectivity index (χ1n) is 9.62. The van der Waals surface area contributed by atoms with Gasteiger partial charge in [0.2, 0.25) is 0 Å². The Morgan fingerprint density at radius 3 is 2.68 bits per heavy atom. The molecule has 0 amide bonds. The molecule has 0 unspecified atom stereocenters. The molecule has 6 nitrogen and oxygen atoms in total. The Kier molecular flexibility index (Phi) is 7.20. The van der Waals surface area contributed by atoms with Gasteiger partial charge >= 0.3 is 5.97 Å². The van der Waals surface area contributed by atoms with Gasteiger partial charge in [-0.05, 0) is 46.5 Å². The number of aromatic nitrogens is 1. The molecule has 7 heteroatoms. The molecule has 3 aromatic rings. The number of ketones is 1. The van der Waals surface area contributed by atoms with Crippen molar-refractivity contribution in [3.8, 4) is 17.2 Å². The lowest BCUT2D eigenvalue weighted by atomic mass is 9.93. The van der Waals surface area contributed by atoms with Crippen LogP contribution in [0.15, 0.2) is 60.9 Å². The van der Waals surface area contributed by atoms with Crippen LogP contribution < -0.4 is 5.73 Å². The molecule has 0 aliphatic rings. The van der Waals surface area contributed by atoms with Gasteiger partial charge in [-0.3, -0.25) is 9.78 Å². The second-order valence-corrected chi connectivity index (χ2v) is 6.77. The molecule has 0 spiro atoms. The second-order valence-electron chi connectivity index (χ2n) is 6.77.